The number of halogens is 5. The van der Waals surface area contributed by atoms with Crippen molar-refractivity contribution in [2.45, 2.75) is 32.4 Å². The quantitative estimate of drug-likeness (QED) is 0.612. The van der Waals surface area contributed by atoms with Crippen LogP contribution in [0.3, 0.4) is 0 Å². The van der Waals surface area contributed by atoms with Gasteiger partial charge in [0.1, 0.15) is 23.1 Å². The molecule has 0 saturated heterocycles. The smallest absolute Gasteiger partial charge is 0.387 e. The number of rotatable bonds is 6. The molecule has 3 N–H and O–H groups in total. The number of ether oxygens (including phenoxy) is 1. The first-order valence-electron chi connectivity index (χ1n) is 9.83. The lowest BCUT2D eigenvalue weighted by Gasteiger charge is -2.39. The predicted octanol–water partition coefficient (Wildman–Crippen LogP) is 3.06. The lowest BCUT2D eigenvalue weighted by atomic mass is 9.87. The Kier molecular flexibility index (Phi) is 7.03. The van der Waals surface area contributed by atoms with Crippen LogP contribution in [0.25, 0.3) is 0 Å². The van der Waals surface area contributed by atoms with Crippen molar-refractivity contribution in [3.05, 3.63) is 53.1 Å². The maximum Gasteiger partial charge on any atom is 0.387 e. The van der Waals surface area contributed by atoms with Crippen LogP contribution in [0.15, 0.2) is 35.5 Å². The van der Waals surface area contributed by atoms with Crippen LogP contribution in [-0.4, -0.2) is 53.7 Å². The minimum absolute atomic E-state index is 0.0655. The van der Waals surface area contributed by atoms with Gasteiger partial charge in [0.05, 0.1) is 19.3 Å². The highest BCUT2D eigenvalue weighted by Crippen LogP contribution is 2.38. The van der Waals surface area contributed by atoms with E-state index < -0.39 is 48.3 Å². The molecule has 2 aromatic rings. The fourth-order valence-corrected chi connectivity index (χ4v) is 3.55. The van der Waals surface area contributed by atoms with Crippen LogP contribution in [0.5, 0.6) is 5.75 Å². The third-order valence-electron chi connectivity index (χ3n) is 5.12. The van der Waals surface area contributed by atoms with E-state index in [0.29, 0.717) is 0 Å². The summed E-state index contributed by atoms with van der Waals surface area (Å²) < 4.78 is 72.2. The summed E-state index contributed by atoms with van der Waals surface area (Å²) in [6.45, 7) is -1.29. The van der Waals surface area contributed by atoms with E-state index in [4.69, 9.17) is 5.73 Å². The van der Waals surface area contributed by atoms with Gasteiger partial charge < -0.3 is 20.7 Å². The number of benzene rings is 1. The Labute approximate surface area is 190 Å². The average Bonchev–Trinajstić information content (AvgIpc) is 2.73. The largest absolute Gasteiger partial charge is 0.433 e. The predicted molar refractivity (Wildman–Crippen MR) is 112 cm³/mol. The van der Waals surface area contributed by atoms with Crippen molar-refractivity contribution < 1.29 is 36.3 Å². The van der Waals surface area contributed by atoms with E-state index in [1.165, 1.54) is 13.0 Å². The van der Waals surface area contributed by atoms with Crippen LogP contribution in [0, 0.1) is 12.7 Å². The van der Waals surface area contributed by atoms with Gasteiger partial charge in [0.15, 0.2) is 5.54 Å². The number of anilines is 1. The summed E-state index contributed by atoms with van der Waals surface area (Å²) in [6.07, 6.45) is -2.31. The lowest BCUT2D eigenvalue weighted by molar-refractivity contribution is -0.130. The molecule has 1 unspecified atom stereocenters. The number of nitrogens with zero attached hydrogens (tertiary/aromatic N) is 3. The van der Waals surface area contributed by atoms with Gasteiger partial charge >= 0.3 is 6.61 Å². The van der Waals surface area contributed by atoms with Crippen molar-refractivity contribution >= 4 is 23.3 Å². The number of hydrogen-bond donors (Lipinski definition) is 2. The second-order valence-corrected chi connectivity index (χ2v) is 7.57. The molecular formula is C21H20F5N5O3. The van der Waals surface area contributed by atoms with Crippen LogP contribution in [0.4, 0.5) is 27.6 Å². The summed E-state index contributed by atoms with van der Waals surface area (Å²) in [4.78, 5) is 33.1. The Morgan fingerprint density at radius 2 is 1.94 bits per heavy atom. The number of carbonyl (C=O) groups is 2. The van der Waals surface area contributed by atoms with Gasteiger partial charge in [-0.2, -0.15) is 8.78 Å². The Morgan fingerprint density at radius 3 is 2.53 bits per heavy atom. The van der Waals surface area contributed by atoms with Crippen LogP contribution < -0.4 is 15.8 Å². The summed E-state index contributed by atoms with van der Waals surface area (Å²) in [5, 5.41) is 2.41. The molecule has 0 fully saturated rings. The average molecular weight is 485 g/mol. The number of amides is 2. The van der Waals surface area contributed by atoms with E-state index in [9.17, 15) is 31.5 Å². The number of carbonyl (C=O) groups excluding carboxylic acids is 2. The molecule has 1 aliphatic heterocycles. The van der Waals surface area contributed by atoms with Gasteiger partial charge in [0.25, 0.3) is 12.3 Å². The minimum Gasteiger partial charge on any atom is -0.433 e. The third-order valence-corrected chi connectivity index (χ3v) is 5.12. The van der Waals surface area contributed by atoms with E-state index in [0.717, 1.165) is 36.2 Å². The topological polar surface area (TPSA) is 110 Å². The van der Waals surface area contributed by atoms with Crippen molar-refractivity contribution in [2.24, 2.45) is 10.7 Å². The molecule has 2 amide bonds. The van der Waals surface area contributed by atoms with E-state index in [-0.39, 0.29) is 35.1 Å². The van der Waals surface area contributed by atoms with Gasteiger partial charge in [-0.1, -0.05) is 0 Å². The fourth-order valence-electron chi connectivity index (χ4n) is 3.55. The number of nitrogens with two attached hydrogens (primary N) is 1. The van der Waals surface area contributed by atoms with Crippen molar-refractivity contribution in [1.82, 2.24) is 9.88 Å². The summed E-state index contributed by atoms with van der Waals surface area (Å²) in [6, 6.07) is 4.15. The Bertz CT molecular complexity index is 1140. The fraction of sp³-hybridized carbons (Fsp3) is 0.333. The zero-order valence-corrected chi connectivity index (χ0v) is 18.0. The van der Waals surface area contributed by atoms with Gasteiger partial charge in [-0.15, -0.1) is 0 Å². The SMILES string of the molecule is CC(=O)N1CC(N)=NC(c2cc(NC(=O)c3ncc(OC(F)F)cc3C)ccc2F)(C(F)F)C1. The molecule has 13 heteroatoms. The summed E-state index contributed by atoms with van der Waals surface area (Å²) in [5.74, 6) is -2.92. The molecule has 0 radical (unpaired) electrons. The molecule has 0 spiro atoms. The summed E-state index contributed by atoms with van der Waals surface area (Å²) in [5.41, 5.74) is 2.61. The molecule has 1 atom stereocenters. The van der Waals surface area contributed by atoms with E-state index >= 15 is 0 Å². The number of aryl methyl sites for hydroxylation is 1. The first-order chi connectivity index (χ1) is 15.9. The first-order valence-corrected chi connectivity index (χ1v) is 9.83. The number of aliphatic imine (C=N–C) groups is 1. The summed E-state index contributed by atoms with van der Waals surface area (Å²) >= 11 is 0. The molecule has 1 aromatic heterocycles. The van der Waals surface area contributed by atoms with E-state index in [1.54, 1.807) is 0 Å². The molecule has 1 aromatic carbocycles. The lowest BCUT2D eigenvalue weighted by Crippen LogP contribution is -2.54. The highest BCUT2D eigenvalue weighted by molar-refractivity contribution is 6.04. The maximum absolute atomic E-state index is 14.7. The number of hydrogen-bond acceptors (Lipinski definition) is 6. The van der Waals surface area contributed by atoms with Crippen molar-refractivity contribution in [3.8, 4) is 5.75 Å². The first kappa shape index (κ1) is 24.9. The van der Waals surface area contributed by atoms with Crippen molar-refractivity contribution in [3.63, 3.8) is 0 Å². The highest BCUT2D eigenvalue weighted by Gasteiger charge is 2.48. The van der Waals surface area contributed by atoms with Crippen LogP contribution in [0.2, 0.25) is 0 Å². The molecule has 0 bridgehead atoms. The molecule has 1 aliphatic rings. The van der Waals surface area contributed by atoms with E-state index in [2.05, 4.69) is 20.0 Å². The summed E-state index contributed by atoms with van der Waals surface area (Å²) in [7, 11) is 0. The van der Waals surface area contributed by atoms with Gasteiger partial charge in [-0.25, -0.2) is 18.2 Å². The molecule has 182 valence electrons. The van der Waals surface area contributed by atoms with Gasteiger partial charge in [-0.05, 0) is 36.8 Å². The minimum atomic E-state index is -3.24. The molecule has 2 heterocycles. The molecule has 3 rings (SSSR count). The monoisotopic (exact) mass is 485 g/mol. The van der Waals surface area contributed by atoms with E-state index in [1.807, 2.05) is 0 Å². The van der Waals surface area contributed by atoms with Crippen molar-refractivity contribution in [1.29, 1.82) is 0 Å². The van der Waals surface area contributed by atoms with Gasteiger partial charge in [-0.3, -0.25) is 14.6 Å². The van der Waals surface area contributed by atoms with Gasteiger partial charge in [0.2, 0.25) is 5.91 Å². The molecule has 0 saturated carbocycles. The number of pyridine rings is 1. The van der Waals surface area contributed by atoms with Gasteiger partial charge in [0, 0.05) is 18.2 Å². The number of aromatic nitrogens is 1. The molecule has 0 aliphatic carbocycles. The highest BCUT2D eigenvalue weighted by atomic mass is 19.3. The third kappa shape index (κ3) is 5.07. The normalized spacial score (nSPS) is 18.1. The Morgan fingerprint density at radius 1 is 1.24 bits per heavy atom. The second-order valence-electron chi connectivity index (χ2n) is 7.57. The molecule has 8 nitrogen and oxygen atoms in total. The van der Waals surface area contributed by atoms with Crippen molar-refractivity contribution in [2.75, 3.05) is 18.4 Å². The Hall–Kier alpha value is -3.77. The maximum atomic E-state index is 14.7. The Balaban J connectivity index is 1.95. The van der Waals surface area contributed by atoms with Crippen LogP contribution in [-0.2, 0) is 10.3 Å². The zero-order valence-electron chi connectivity index (χ0n) is 18.0. The molecule has 34 heavy (non-hydrogen) atoms. The number of amidine groups is 1. The number of alkyl halides is 4. The molecular weight excluding hydrogens is 465 g/mol. The standard InChI is InChI=1S/C21H20F5N5O3/c1-10-5-13(34-20(25)26)7-28-17(10)18(33)29-12-3-4-15(22)14(6-12)21(19(23)24)9-31(11(2)32)8-16(27)30-21/h3-7,19-20H,8-9H2,1-2H3,(H2,27,30)(H,29,33). The zero-order chi connectivity index (χ0) is 25.2. The second kappa shape index (κ2) is 9.61. The van der Waals surface area contributed by atoms with Crippen LogP contribution in [0.1, 0.15) is 28.5 Å². The van der Waals surface area contributed by atoms with Crippen LogP contribution >= 0.6 is 0 Å². The number of nitrogens with one attached hydrogen (secondary N) is 1.